The van der Waals surface area contributed by atoms with Gasteiger partial charge in [0.05, 0.1) is 48.1 Å². The van der Waals surface area contributed by atoms with E-state index in [9.17, 15) is 5.26 Å². The summed E-state index contributed by atoms with van der Waals surface area (Å²) in [4.78, 5) is 4.69. The Morgan fingerprint density at radius 2 is 1.57 bits per heavy atom. The second kappa shape index (κ2) is 10.4. The fourth-order valence-electron chi connectivity index (χ4n) is 4.85. The normalized spacial score (nSPS) is 20.1. The van der Waals surface area contributed by atoms with Gasteiger partial charge in [-0.15, -0.1) is 0 Å². The lowest BCUT2D eigenvalue weighted by Gasteiger charge is -2.45. The molecule has 2 aliphatic rings. The molecular weight excluding hydrogens is 505 g/mol. The number of hydrogen-bond donors (Lipinski definition) is 0. The van der Waals surface area contributed by atoms with Crippen LogP contribution >= 0.6 is 34.8 Å². The minimum Gasteiger partial charge on any atom is -0.361 e. The lowest BCUT2D eigenvalue weighted by molar-refractivity contribution is -0.180. The van der Waals surface area contributed by atoms with Gasteiger partial charge in [-0.3, -0.25) is 4.90 Å². The topological polar surface area (TPSA) is 48.7 Å². The van der Waals surface area contributed by atoms with Crippen molar-refractivity contribution in [1.82, 2.24) is 4.90 Å². The van der Waals surface area contributed by atoms with Gasteiger partial charge in [0.25, 0.3) is 0 Å². The van der Waals surface area contributed by atoms with Crippen LogP contribution in [-0.2, 0) is 15.3 Å². The van der Waals surface area contributed by atoms with Gasteiger partial charge in [0.15, 0.2) is 0 Å². The summed E-state index contributed by atoms with van der Waals surface area (Å²) < 4.78 is 12.4. The smallest absolute Gasteiger partial charge is 0.208 e. The first kappa shape index (κ1) is 24.4. The number of nitriles is 1. The van der Waals surface area contributed by atoms with E-state index < -0.39 is 5.79 Å². The molecule has 0 saturated carbocycles. The maximum Gasteiger partial charge on any atom is 0.208 e. The molecule has 0 N–H and O–H groups in total. The predicted molar refractivity (Wildman–Crippen MR) is 139 cm³/mol. The second-order valence-electron chi connectivity index (χ2n) is 8.73. The summed E-state index contributed by atoms with van der Waals surface area (Å²) in [5.41, 5.74) is 3.62. The number of benzene rings is 3. The largest absolute Gasteiger partial charge is 0.361 e. The Morgan fingerprint density at radius 1 is 0.886 bits per heavy atom. The fraction of sp³-hybridized carbons (Fsp3) is 0.296. The van der Waals surface area contributed by atoms with E-state index in [0.717, 1.165) is 36.4 Å². The Balaban J connectivity index is 1.44. The van der Waals surface area contributed by atoms with Crippen LogP contribution in [0, 0.1) is 11.3 Å². The quantitative estimate of drug-likeness (QED) is 0.390. The van der Waals surface area contributed by atoms with E-state index in [1.165, 1.54) is 0 Å². The highest BCUT2D eigenvalue weighted by Gasteiger charge is 2.42. The lowest BCUT2D eigenvalue weighted by Crippen LogP contribution is -2.53. The Bertz CT molecular complexity index is 1220. The van der Waals surface area contributed by atoms with E-state index in [1.54, 1.807) is 18.2 Å². The molecule has 0 bridgehead atoms. The highest BCUT2D eigenvalue weighted by Crippen LogP contribution is 2.39. The molecule has 2 fully saturated rings. The third-order valence-electron chi connectivity index (χ3n) is 6.58. The Morgan fingerprint density at radius 3 is 2.23 bits per heavy atom. The number of ether oxygens (including phenoxy) is 2. The lowest BCUT2D eigenvalue weighted by atomic mass is 9.99. The molecule has 35 heavy (non-hydrogen) atoms. The molecule has 2 aliphatic heterocycles. The highest BCUT2D eigenvalue weighted by molar-refractivity contribution is 6.36. The molecule has 0 amide bonds. The second-order valence-corrected chi connectivity index (χ2v) is 10.0. The van der Waals surface area contributed by atoms with E-state index in [2.05, 4.69) is 28.0 Å². The van der Waals surface area contributed by atoms with Crippen molar-refractivity contribution in [2.24, 2.45) is 0 Å². The summed E-state index contributed by atoms with van der Waals surface area (Å²) in [5, 5.41) is 11.1. The average molecular weight is 529 g/mol. The maximum absolute atomic E-state index is 9.18. The third-order valence-corrected chi connectivity index (χ3v) is 7.37. The number of nitrogens with zero attached hydrogens (tertiary/aromatic N) is 3. The SMILES string of the molecule is N#Cc1ccc(C2(CN3CCN(c4ccc(Cl)cc4Cl)[C@H](c4ccc(Cl)cc4)C3)OCCO2)cc1. The Labute approximate surface area is 220 Å². The number of hydrogen-bond acceptors (Lipinski definition) is 5. The van der Waals surface area contributed by atoms with Crippen molar-refractivity contribution in [2.75, 3.05) is 44.3 Å². The van der Waals surface area contributed by atoms with Gasteiger partial charge in [-0.1, -0.05) is 59.1 Å². The zero-order chi connectivity index (χ0) is 24.4. The van der Waals surface area contributed by atoms with Crippen molar-refractivity contribution in [1.29, 1.82) is 5.26 Å². The van der Waals surface area contributed by atoms with Crippen molar-refractivity contribution in [3.63, 3.8) is 0 Å². The molecule has 3 aromatic rings. The molecule has 0 aromatic heterocycles. The summed E-state index contributed by atoms with van der Waals surface area (Å²) >= 11 is 19.0. The van der Waals surface area contributed by atoms with Gasteiger partial charge in [0.1, 0.15) is 0 Å². The van der Waals surface area contributed by atoms with E-state index in [-0.39, 0.29) is 6.04 Å². The molecule has 2 heterocycles. The van der Waals surface area contributed by atoms with Crippen LogP contribution in [0.15, 0.2) is 66.7 Å². The van der Waals surface area contributed by atoms with Crippen LogP contribution < -0.4 is 4.90 Å². The molecule has 5 rings (SSSR count). The minimum absolute atomic E-state index is 0.0408. The molecule has 3 aromatic carbocycles. The van der Waals surface area contributed by atoms with Crippen LogP contribution in [0.5, 0.6) is 0 Å². The molecule has 1 atom stereocenters. The fourth-order valence-corrected chi connectivity index (χ4v) is 5.50. The van der Waals surface area contributed by atoms with Crippen molar-refractivity contribution < 1.29 is 9.47 Å². The number of halogens is 3. The molecule has 0 aliphatic carbocycles. The minimum atomic E-state index is -0.862. The van der Waals surface area contributed by atoms with E-state index in [4.69, 9.17) is 44.3 Å². The Hall–Kier alpha value is -2.30. The van der Waals surface area contributed by atoms with Crippen LogP contribution in [0.25, 0.3) is 0 Å². The van der Waals surface area contributed by atoms with Gasteiger partial charge in [-0.25, -0.2) is 0 Å². The summed E-state index contributed by atoms with van der Waals surface area (Å²) in [6, 6.07) is 23.2. The molecule has 180 valence electrons. The summed E-state index contributed by atoms with van der Waals surface area (Å²) in [6.45, 7) is 3.93. The predicted octanol–water partition coefficient (Wildman–Crippen LogP) is 6.28. The molecule has 0 spiro atoms. The number of piperazine rings is 1. The van der Waals surface area contributed by atoms with E-state index in [1.807, 2.05) is 36.4 Å². The van der Waals surface area contributed by atoms with Crippen LogP contribution in [0.3, 0.4) is 0 Å². The van der Waals surface area contributed by atoms with Crippen molar-refractivity contribution in [3.8, 4) is 6.07 Å². The van der Waals surface area contributed by atoms with Gasteiger partial charge < -0.3 is 14.4 Å². The van der Waals surface area contributed by atoms with Crippen molar-refractivity contribution in [2.45, 2.75) is 11.8 Å². The number of rotatable bonds is 5. The summed E-state index contributed by atoms with van der Waals surface area (Å²) in [5.74, 6) is -0.862. The standard InChI is InChI=1S/C27H24Cl3N3O2/c28-22-7-3-20(4-8-22)26-17-32(11-12-33(26)25-10-9-23(29)15-24(25)30)18-27(34-13-14-35-27)21-5-1-19(16-31)2-6-21/h1-10,15,26H,11-14,17-18H2/t26-/m0/s1. The van der Waals surface area contributed by atoms with Gasteiger partial charge in [0, 0.05) is 35.2 Å². The van der Waals surface area contributed by atoms with E-state index >= 15 is 0 Å². The maximum atomic E-state index is 9.18. The average Bonchev–Trinajstić information content (AvgIpc) is 3.34. The Kier molecular flexibility index (Phi) is 7.22. The van der Waals surface area contributed by atoms with Crippen molar-refractivity contribution in [3.05, 3.63) is 98.5 Å². The van der Waals surface area contributed by atoms with Crippen LogP contribution in [-0.4, -0.2) is 44.3 Å². The van der Waals surface area contributed by atoms with Gasteiger partial charge in [-0.2, -0.15) is 5.26 Å². The zero-order valence-electron chi connectivity index (χ0n) is 19.0. The van der Waals surface area contributed by atoms with E-state index in [0.29, 0.717) is 40.4 Å². The molecule has 2 saturated heterocycles. The van der Waals surface area contributed by atoms with Crippen LogP contribution in [0.2, 0.25) is 15.1 Å². The first-order valence-corrected chi connectivity index (χ1v) is 12.6. The van der Waals surface area contributed by atoms with Crippen molar-refractivity contribution >= 4 is 40.5 Å². The zero-order valence-corrected chi connectivity index (χ0v) is 21.2. The molecule has 0 unspecified atom stereocenters. The molecule has 8 heteroatoms. The first-order chi connectivity index (χ1) is 17.0. The van der Waals surface area contributed by atoms with Gasteiger partial charge in [-0.05, 0) is 48.0 Å². The highest BCUT2D eigenvalue weighted by atomic mass is 35.5. The van der Waals surface area contributed by atoms with Crippen LogP contribution in [0.4, 0.5) is 5.69 Å². The monoisotopic (exact) mass is 527 g/mol. The molecule has 5 nitrogen and oxygen atoms in total. The summed E-state index contributed by atoms with van der Waals surface area (Å²) in [6.07, 6.45) is 0. The molecule has 0 radical (unpaired) electrons. The molecular formula is C27H24Cl3N3O2. The van der Waals surface area contributed by atoms with Gasteiger partial charge >= 0.3 is 0 Å². The van der Waals surface area contributed by atoms with Crippen LogP contribution in [0.1, 0.15) is 22.7 Å². The number of anilines is 1. The third kappa shape index (κ3) is 5.15. The first-order valence-electron chi connectivity index (χ1n) is 11.5. The summed E-state index contributed by atoms with van der Waals surface area (Å²) in [7, 11) is 0. The van der Waals surface area contributed by atoms with Gasteiger partial charge in [0.2, 0.25) is 5.79 Å².